The maximum atomic E-state index is 2.38. The van der Waals surface area contributed by atoms with Crippen LogP contribution >= 0.6 is 23.5 Å². The van der Waals surface area contributed by atoms with Crippen LogP contribution in [0.4, 0.5) is 0 Å². The fourth-order valence-corrected chi connectivity index (χ4v) is 4.18. The van der Waals surface area contributed by atoms with Gasteiger partial charge in [-0.05, 0) is 30.3 Å². The predicted octanol–water partition coefficient (Wildman–Crippen LogP) is 3.23. The topological polar surface area (TPSA) is 0 Å². The molecule has 1 aliphatic heterocycles. The molecule has 0 saturated carbocycles. The molecule has 0 nitrogen and oxygen atoms in total. The molecule has 0 amide bonds. The van der Waals surface area contributed by atoms with Gasteiger partial charge in [-0.1, -0.05) is 13.8 Å². The molecule has 0 N–H and O–H groups in total. The first-order valence-corrected chi connectivity index (χ1v) is 6.12. The molecule has 1 atom stereocenters. The van der Waals surface area contributed by atoms with E-state index in [1.165, 1.54) is 18.6 Å². The summed E-state index contributed by atoms with van der Waals surface area (Å²) in [5, 5.41) is 0. The van der Waals surface area contributed by atoms with Crippen molar-refractivity contribution in [1.82, 2.24) is 0 Å². The number of rotatable bonds is 1. The monoisotopic (exact) mass is 176 g/mol. The van der Waals surface area contributed by atoms with Gasteiger partial charge in [0.25, 0.3) is 0 Å². The van der Waals surface area contributed by atoms with Crippen LogP contribution in [0.15, 0.2) is 0 Å². The molecule has 1 saturated heterocycles. The molecular formula is C8H16S2. The van der Waals surface area contributed by atoms with E-state index in [-0.39, 0.29) is 0 Å². The highest BCUT2D eigenvalue weighted by molar-refractivity contribution is 8.16. The first kappa shape index (κ1) is 8.79. The lowest BCUT2D eigenvalue weighted by Gasteiger charge is -2.33. The van der Waals surface area contributed by atoms with Crippen molar-refractivity contribution in [1.29, 1.82) is 0 Å². The van der Waals surface area contributed by atoms with Crippen molar-refractivity contribution in [2.75, 3.05) is 12.0 Å². The molecule has 0 bridgehead atoms. The predicted molar refractivity (Wildman–Crippen MR) is 52.8 cm³/mol. The van der Waals surface area contributed by atoms with Crippen LogP contribution in [0.2, 0.25) is 0 Å². The zero-order valence-corrected chi connectivity index (χ0v) is 8.65. The number of thioether (sulfide) groups is 2. The quantitative estimate of drug-likeness (QED) is 0.601. The SMILES string of the molecule is CSC1CC(C)(C)CCS1. The minimum absolute atomic E-state index is 0.610. The van der Waals surface area contributed by atoms with Crippen molar-refractivity contribution < 1.29 is 0 Å². The highest BCUT2D eigenvalue weighted by atomic mass is 32.2. The summed E-state index contributed by atoms with van der Waals surface area (Å²) in [7, 11) is 0. The van der Waals surface area contributed by atoms with Crippen molar-refractivity contribution in [3.8, 4) is 0 Å². The first-order chi connectivity index (χ1) is 4.64. The van der Waals surface area contributed by atoms with E-state index in [0.717, 1.165) is 4.58 Å². The third-order valence-corrected chi connectivity index (χ3v) is 4.72. The van der Waals surface area contributed by atoms with Crippen LogP contribution in [0, 0.1) is 5.41 Å². The summed E-state index contributed by atoms with van der Waals surface area (Å²) in [4.78, 5) is 0. The lowest BCUT2D eigenvalue weighted by molar-refractivity contribution is 0.330. The van der Waals surface area contributed by atoms with Gasteiger partial charge in [-0.25, -0.2) is 0 Å². The molecule has 1 aliphatic rings. The summed E-state index contributed by atoms with van der Waals surface area (Å²) >= 11 is 4.14. The number of hydrogen-bond acceptors (Lipinski definition) is 2. The van der Waals surface area contributed by atoms with Gasteiger partial charge in [0.1, 0.15) is 0 Å². The summed E-state index contributed by atoms with van der Waals surface area (Å²) in [6.45, 7) is 4.77. The molecule has 1 fully saturated rings. The highest BCUT2D eigenvalue weighted by Gasteiger charge is 2.27. The standard InChI is InChI=1S/C8H16S2/c1-8(2)4-5-10-7(6-8)9-3/h7H,4-6H2,1-3H3. The first-order valence-electron chi connectivity index (χ1n) is 3.78. The molecule has 0 aromatic carbocycles. The van der Waals surface area contributed by atoms with Gasteiger partial charge in [-0.3, -0.25) is 0 Å². The van der Waals surface area contributed by atoms with Crippen molar-refractivity contribution in [2.45, 2.75) is 31.3 Å². The lowest BCUT2D eigenvalue weighted by Crippen LogP contribution is -2.22. The molecule has 0 aliphatic carbocycles. The van der Waals surface area contributed by atoms with Crippen LogP contribution < -0.4 is 0 Å². The van der Waals surface area contributed by atoms with E-state index in [1.807, 2.05) is 11.8 Å². The van der Waals surface area contributed by atoms with Gasteiger partial charge in [0.05, 0.1) is 4.58 Å². The minimum Gasteiger partial charge on any atom is -0.151 e. The molecule has 2 heteroatoms. The summed E-state index contributed by atoms with van der Waals surface area (Å²) in [5.74, 6) is 1.36. The van der Waals surface area contributed by atoms with Gasteiger partial charge in [-0.15, -0.1) is 11.8 Å². The molecule has 0 radical (unpaired) electrons. The second-order valence-corrected chi connectivity index (χ2v) is 6.30. The Labute approximate surface area is 72.5 Å². The van der Waals surface area contributed by atoms with Crippen LogP contribution in [0.5, 0.6) is 0 Å². The van der Waals surface area contributed by atoms with Crippen LogP contribution in [-0.4, -0.2) is 16.6 Å². The van der Waals surface area contributed by atoms with E-state index in [1.54, 1.807) is 0 Å². The lowest BCUT2D eigenvalue weighted by atomic mass is 9.87. The van der Waals surface area contributed by atoms with Gasteiger partial charge < -0.3 is 0 Å². The van der Waals surface area contributed by atoms with Crippen molar-refractivity contribution in [2.24, 2.45) is 5.41 Å². The van der Waals surface area contributed by atoms with Crippen LogP contribution in [0.25, 0.3) is 0 Å². The Balaban J connectivity index is 2.40. The Bertz CT molecular complexity index is 110. The maximum Gasteiger partial charge on any atom is 0.0504 e. The Kier molecular flexibility index (Phi) is 2.99. The zero-order chi connectivity index (χ0) is 7.61. The Hall–Kier alpha value is 0.700. The summed E-state index contributed by atoms with van der Waals surface area (Å²) in [5.41, 5.74) is 0.610. The molecule has 0 spiro atoms. The van der Waals surface area contributed by atoms with Gasteiger partial charge in [-0.2, -0.15) is 11.8 Å². The fraction of sp³-hybridized carbons (Fsp3) is 1.00. The second-order valence-electron chi connectivity index (χ2n) is 3.65. The van der Waals surface area contributed by atoms with E-state index in [4.69, 9.17) is 0 Å². The highest BCUT2D eigenvalue weighted by Crippen LogP contribution is 2.42. The molecule has 0 aromatic heterocycles. The van der Waals surface area contributed by atoms with E-state index in [0.29, 0.717) is 5.41 Å². The van der Waals surface area contributed by atoms with Crippen LogP contribution in [0.1, 0.15) is 26.7 Å². The van der Waals surface area contributed by atoms with E-state index < -0.39 is 0 Å². The molecule has 1 rings (SSSR count). The number of hydrogen-bond donors (Lipinski definition) is 0. The molecule has 1 unspecified atom stereocenters. The Morgan fingerprint density at radius 3 is 2.60 bits per heavy atom. The van der Waals surface area contributed by atoms with Crippen LogP contribution in [0.3, 0.4) is 0 Å². The molecule has 0 aromatic rings. The zero-order valence-electron chi connectivity index (χ0n) is 7.02. The largest absolute Gasteiger partial charge is 0.151 e. The Morgan fingerprint density at radius 1 is 1.50 bits per heavy atom. The summed E-state index contributed by atoms with van der Waals surface area (Å²) in [6.07, 6.45) is 5.01. The fourth-order valence-electron chi connectivity index (χ4n) is 1.23. The average molecular weight is 176 g/mol. The van der Waals surface area contributed by atoms with E-state index in [9.17, 15) is 0 Å². The van der Waals surface area contributed by atoms with Crippen molar-refractivity contribution >= 4 is 23.5 Å². The van der Waals surface area contributed by atoms with Gasteiger partial charge in [0.15, 0.2) is 0 Å². The van der Waals surface area contributed by atoms with Gasteiger partial charge in [0, 0.05) is 0 Å². The summed E-state index contributed by atoms with van der Waals surface area (Å²) < 4.78 is 0.865. The van der Waals surface area contributed by atoms with Crippen LogP contribution in [-0.2, 0) is 0 Å². The van der Waals surface area contributed by atoms with E-state index in [2.05, 4.69) is 31.9 Å². The molecular weight excluding hydrogens is 160 g/mol. The van der Waals surface area contributed by atoms with E-state index >= 15 is 0 Å². The third kappa shape index (κ3) is 2.39. The molecule has 10 heavy (non-hydrogen) atoms. The van der Waals surface area contributed by atoms with Gasteiger partial charge in [0.2, 0.25) is 0 Å². The maximum absolute atomic E-state index is 2.38. The molecule has 60 valence electrons. The van der Waals surface area contributed by atoms with Crippen molar-refractivity contribution in [3.05, 3.63) is 0 Å². The Morgan fingerprint density at radius 2 is 2.20 bits per heavy atom. The van der Waals surface area contributed by atoms with Crippen molar-refractivity contribution in [3.63, 3.8) is 0 Å². The minimum atomic E-state index is 0.610. The summed E-state index contributed by atoms with van der Waals surface area (Å²) in [6, 6.07) is 0. The second kappa shape index (κ2) is 3.40. The third-order valence-electron chi connectivity index (χ3n) is 2.06. The molecule has 1 heterocycles. The normalized spacial score (nSPS) is 32.1. The van der Waals surface area contributed by atoms with Gasteiger partial charge >= 0.3 is 0 Å². The smallest absolute Gasteiger partial charge is 0.0504 e. The average Bonchev–Trinajstić information content (AvgIpc) is 1.86.